The maximum Gasteiger partial charge on any atom is 0.234 e. The number of anilines is 1. The first kappa shape index (κ1) is 17.9. The van der Waals surface area contributed by atoms with Crippen LogP contribution in [0.5, 0.6) is 5.75 Å². The van der Waals surface area contributed by atoms with Gasteiger partial charge in [-0.15, -0.1) is 5.10 Å². The number of aryl methyl sites for hydroxylation is 1. The summed E-state index contributed by atoms with van der Waals surface area (Å²) < 4.78 is 19.1. The van der Waals surface area contributed by atoms with Crippen LogP contribution in [0.25, 0.3) is 0 Å². The molecule has 2 aromatic carbocycles. The number of halogens is 1. The molecule has 0 aliphatic carbocycles. The average Bonchev–Trinajstić information content (AvgIpc) is 3.09. The van der Waals surface area contributed by atoms with Crippen molar-refractivity contribution >= 4 is 23.4 Å². The Morgan fingerprint density at radius 2 is 2.00 bits per heavy atom. The number of amides is 1. The smallest absolute Gasteiger partial charge is 0.234 e. The molecule has 26 heavy (non-hydrogen) atoms. The number of nitrogens with one attached hydrogen (secondary N) is 2. The highest BCUT2D eigenvalue weighted by atomic mass is 32.2. The van der Waals surface area contributed by atoms with Gasteiger partial charge in [0, 0.05) is 0 Å². The molecule has 0 aliphatic rings. The molecular formula is C18H17FN4O2S. The van der Waals surface area contributed by atoms with Crippen molar-refractivity contribution in [3.8, 4) is 5.75 Å². The van der Waals surface area contributed by atoms with Crippen LogP contribution < -0.4 is 10.1 Å². The van der Waals surface area contributed by atoms with Crippen molar-refractivity contribution < 1.29 is 13.9 Å². The van der Waals surface area contributed by atoms with E-state index < -0.39 is 5.82 Å². The van der Waals surface area contributed by atoms with E-state index in [9.17, 15) is 9.18 Å². The Labute approximate surface area is 154 Å². The quantitative estimate of drug-likeness (QED) is 0.620. The SMILES string of the molecule is Cc1ccc(OCc2nc(SCC(=O)Nc3ccccc3F)n[nH]2)cc1. The van der Waals surface area contributed by atoms with Crippen molar-refractivity contribution in [2.45, 2.75) is 18.7 Å². The van der Waals surface area contributed by atoms with E-state index in [0.717, 1.165) is 23.1 Å². The topological polar surface area (TPSA) is 79.9 Å². The highest BCUT2D eigenvalue weighted by Crippen LogP contribution is 2.17. The van der Waals surface area contributed by atoms with Crippen LogP contribution in [0, 0.1) is 12.7 Å². The van der Waals surface area contributed by atoms with E-state index in [4.69, 9.17) is 4.74 Å². The Morgan fingerprint density at radius 3 is 2.77 bits per heavy atom. The summed E-state index contributed by atoms with van der Waals surface area (Å²) in [6.07, 6.45) is 0. The summed E-state index contributed by atoms with van der Waals surface area (Å²) in [5.41, 5.74) is 1.31. The molecule has 0 spiro atoms. The van der Waals surface area contributed by atoms with Gasteiger partial charge in [-0.25, -0.2) is 9.37 Å². The molecule has 8 heteroatoms. The van der Waals surface area contributed by atoms with Gasteiger partial charge < -0.3 is 10.1 Å². The summed E-state index contributed by atoms with van der Waals surface area (Å²) >= 11 is 1.15. The molecule has 0 bridgehead atoms. The van der Waals surface area contributed by atoms with Crippen LogP contribution in [0.1, 0.15) is 11.4 Å². The second-order valence-electron chi connectivity index (χ2n) is 5.48. The van der Waals surface area contributed by atoms with Crippen LogP contribution in [0.3, 0.4) is 0 Å². The normalized spacial score (nSPS) is 10.5. The summed E-state index contributed by atoms with van der Waals surface area (Å²) in [7, 11) is 0. The highest BCUT2D eigenvalue weighted by molar-refractivity contribution is 7.99. The average molecular weight is 372 g/mol. The third-order valence-electron chi connectivity index (χ3n) is 3.39. The van der Waals surface area contributed by atoms with E-state index in [2.05, 4.69) is 20.5 Å². The van der Waals surface area contributed by atoms with E-state index >= 15 is 0 Å². The Hall–Kier alpha value is -2.87. The summed E-state index contributed by atoms with van der Waals surface area (Å²) in [5, 5.41) is 9.74. The number of benzene rings is 2. The van der Waals surface area contributed by atoms with Crippen LogP contribution in [0.2, 0.25) is 0 Å². The molecular weight excluding hydrogens is 355 g/mol. The van der Waals surface area contributed by atoms with E-state index in [0.29, 0.717) is 11.0 Å². The molecule has 0 fully saturated rings. The predicted molar refractivity (Wildman–Crippen MR) is 97.6 cm³/mol. The minimum atomic E-state index is -0.473. The second kappa shape index (κ2) is 8.48. The molecule has 134 valence electrons. The van der Waals surface area contributed by atoms with Crippen LogP contribution >= 0.6 is 11.8 Å². The zero-order chi connectivity index (χ0) is 18.4. The molecule has 3 aromatic rings. The zero-order valence-corrected chi connectivity index (χ0v) is 14.8. The summed E-state index contributed by atoms with van der Waals surface area (Å²) in [6, 6.07) is 13.7. The van der Waals surface area contributed by atoms with E-state index in [-0.39, 0.29) is 24.0 Å². The predicted octanol–water partition coefficient (Wildman–Crippen LogP) is 3.56. The summed E-state index contributed by atoms with van der Waals surface area (Å²) in [4.78, 5) is 16.2. The minimum absolute atomic E-state index is 0.0739. The first-order chi connectivity index (χ1) is 12.6. The molecule has 3 rings (SSSR count). The number of para-hydroxylation sites is 1. The number of nitrogens with zero attached hydrogens (tertiary/aromatic N) is 2. The molecule has 0 radical (unpaired) electrons. The summed E-state index contributed by atoms with van der Waals surface area (Å²) in [5.74, 6) is 0.569. The molecule has 2 N–H and O–H groups in total. The number of aromatic nitrogens is 3. The van der Waals surface area contributed by atoms with Gasteiger partial charge in [0.2, 0.25) is 11.1 Å². The van der Waals surface area contributed by atoms with Gasteiger partial charge >= 0.3 is 0 Å². The van der Waals surface area contributed by atoms with Crippen molar-refractivity contribution in [2.24, 2.45) is 0 Å². The number of aromatic amines is 1. The van der Waals surface area contributed by atoms with Gasteiger partial charge in [0.15, 0.2) is 5.82 Å². The monoisotopic (exact) mass is 372 g/mol. The third kappa shape index (κ3) is 5.06. The number of thioether (sulfide) groups is 1. The molecule has 0 saturated heterocycles. The largest absolute Gasteiger partial charge is 0.486 e. The lowest BCUT2D eigenvalue weighted by Gasteiger charge is -2.04. The van der Waals surface area contributed by atoms with Gasteiger partial charge in [0.05, 0.1) is 11.4 Å². The maximum absolute atomic E-state index is 13.5. The van der Waals surface area contributed by atoms with E-state index in [1.165, 1.54) is 12.1 Å². The van der Waals surface area contributed by atoms with Crippen LogP contribution in [-0.4, -0.2) is 26.8 Å². The van der Waals surface area contributed by atoms with Gasteiger partial charge in [-0.2, -0.15) is 0 Å². The standard InChI is InChI=1S/C18H17FN4O2S/c1-12-6-8-13(9-7-12)25-10-16-21-18(23-22-16)26-11-17(24)20-15-5-3-2-4-14(15)19/h2-9H,10-11H2,1H3,(H,20,24)(H,21,22,23). The Kier molecular flexibility index (Phi) is 5.85. The van der Waals surface area contributed by atoms with Gasteiger partial charge in [0.25, 0.3) is 0 Å². The fourth-order valence-electron chi connectivity index (χ4n) is 2.07. The fourth-order valence-corrected chi connectivity index (χ4v) is 2.69. The highest BCUT2D eigenvalue weighted by Gasteiger charge is 2.10. The molecule has 6 nitrogen and oxygen atoms in total. The number of rotatable bonds is 7. The first-order valence-electron chi connectivity index (χ1n) is 7.88. The molecule has 0 aliphatic heterocycles. The summed E-state index contributed by atoms with van der Waals surface area (Å²) in [6.45, 7) is 2.25. The van der Waals surface area contributed by atoms with Gasteiger partial charge in [-0.1, -0.05) is 41.6 Å². The van der Waals surface area contributed by atoms with Crippen molar-refractivity contribution in [3.63, 3.8) is 0 Å². The van der Waals surface area contributed by atoms with Gasteiger partial charge in [-0.05, 0) is 31.2 Å². The Morgan fingerprint density at radius 1 is 1.23 bits per heavy atom. The van der Waals surface area contributed by atoms with Crippen LogP contribution in [0.15, 0.2) is 53.7 Å². The number of carbonyl (C=O) groups excluding carboxylic acids is 1. The van der Waals surface area contributed by atoms with Crippen LogP contribution in [0.4, 0.5) is 10.1 Å². The maximum atomic E-state index is 13.5. The van der Waals surface area contributed by atoms with Crippen molar-refractivity contribution in [2.75, 3.05) is 11.1 Å². The van der Waals surface area contributed by atoms with Gasteiger partial charge in [-0.3, -0.25) is 9.89 Å². The van der Waals surface area contributed by atoms with Crippen molar-refractivity contribution in [3.05, 3.63) is 65.7 Å². The van der Waals surface area contributed by atoms with Crippen molar-refractivity contribution in [1.82, 2.24) is 15.2 Å². The molecule has 1 heterocycles. The van der Waals surface area contributed by atoms with Gasteiger partial charge in [0.1, 0.15) is 18.2 Å². The first-order valence-corrected chi connectivity index (χ1v) is 8.86. The third-order valence-corrected chi connectivity index (χ3v) is 4.24. The number of hydrogen-bond donors (Lipinski definition) is 2. The molecule has 0 saturated carbocycles. The molecule has 1 aromatic heterocycles. The number of ether oxygens (including phenoxy) is 1. The second-order valence-corrected chi connectivity index (χ2v) is 6.43. The lowest BCUT2D eigenvalue weighted by atomic mass is 10.2. The lowest BCUT2D eigenvalue weighted by Crippen LogP contribution is -2.15. The molecule has 1 amide bonds. The number of carbonyl (C=O) groups is 1. The molecule has 0 unspecified atom stereocenters. The fraction of sp³-hybridized carbons (Fsp3) is 0.167. The zero-order valence-electron chi connectivity index (χ0n) is 14.0. The number of hydrogen-bond acceptors (Lipinski definition) is 5. The lowest BCUT2D eigenvalue weighted by molar-refractivity contribution is -0.113. The molecule has 0 atom stereocenters. The van der Waals surface area contributed by atoms with E-state index in [1.54, 1.807) is 12.1 Å². The van der Waals surface area contributed by atoms with Crippen LogP contribution in [-0.2, 0) is 11.4 Å². The number of H-pyrrole nitrogens is 1. The Balaban J connectivity index is 1.46. The van der Waals surface area contributed by atoms with E-state index in [1.807, 2.05) is 31.2 Å². The Bertz CT molecular complexity index is 883. The minimum Gasteiger partial charge on any atom is -0.486 e. The van der Waals surface area contributed by atoms with Crippen molar-refractivity contribution in [1.29, 1.82) is 0 Å².